The summed E-state index contributed by atoms with van der Waals surface area (Å²) >= 11 is 0. The Kier molecular flexibility index (Phi) is 3.73. The number of rotatable bonds is 2. The highest BCUT2D eigenvalue weighted by Crippen LogP contribution is 2.36. The van der Waals surface area contributed by atoms with Gasteiger partial charge in [0.05, 0.1) is 5.69 Å². The summed E-state index contributed by atoms with van der Waals surface area (Å²) in [7, 11) is 0. The number of halogens is 4. The smallest absolute Gasteiger partial charge is 0.166 e. The van der Waals surface area contributed by atoms with Gasteiger partial charge >= 0.3 is 0 Å². The van der Waals surface area contributed by atoms with E-state index in [9.17, 15) is 17.6 Å². The Bertz CT molecular complexity index is 824. The standard InChI is InChI=1S/C17H10F4N2/c18-13-5-1-3-9(15(13)20)11-7-23-8-12(17(11)22)10-4-2-6-14(19)16(10)21/h1-8H,(H2,22,23). The molecule has 0 aliphatic heterocycles. The molecule has 0 radical (unpaired) electrons. The fourth-order valence-corrected chi connectivity index (χ4v) is 2.32. The maximum atomic E-state index is 14.0. The summed E-state index contributed by atoms with van der Waals surface area (Å²) < 4.78 is 54.7. The molecule has 0 spiro atoms. The minimum Gasteiger partial charge on any atom is -0.398 e. The summed E-state index contributed by atoms with van der Waals surface area (Å²) in [6.07, 6.45) is 2.49. The van der Waals surface area contributed by atoms with E-state index in [-0.39, 0.29) is 27.9 Å². The van der Waals surface area contributed by atoms with Crippen molar-refractivity contribution in [3.63, 3.8) is 0 Å². The van der Waals surface area contributed by atoms with Gasteiger partial charge in [-0.2, -0.15) is 0 Å². The van der Waals surface area contributed by atoms with Gasteiger partial charge < -0.3 is 5.73 Å². The average Bonchev–Trinajstić information content (AvgIpc) is 2.54. The fourth-order valence-electron chi connectivity index (χ4n) is 2.32. The normalized spacial score (nSPS) is 10.8. The number of anilines is 1. The maximum Gasteiger partial charge on any atom is 0.166 e. The lowest BCUT2D eigenvalue weighted by atomic mass is 9.98. The molecule has 0 atom stereocenters. The van der Waals surface area contributed by atoms with Crippen LogP contribution in [0.1, 0.15) is 0 Å². The van der Waals surface area contributed by atoms with Gasteiger partial charge in [-0.1, -0.05) is 24.3 Å². The van der Waals surface area contributed by atoms with Gasteiger partial charge in [0.1, 0.15) is 0 Å². The first-order valence-electron chi connectivity index (χ1n) is 6.63. The van der Waals surface area contributed by atoms with E-state index in [1.807, 2.05) is 0 Å². The molecule has 2 aromatic carbocycles. The van der Waals surface area contributed by atoms with Gasteiger partial charge in [-0.05, 0) is 12.1 Å². The SMILES string of the molecule is Nc1c(-c2cccc(F)c2F)cncc1-c1cccc(F)c1F. The Labute approximate surface area is 129 Å². The summed E-state index contributed by atoms with van der Waals surface area (Å²) in [6, 6.07) is 7.25. The second-order valence-electron chi connectivity index (χ2n) is 4.85. The number of nitrogen functional groups attached to an aromatic ring is 1. The molecule has 0 unspecified atom stereocenters. The van der Waals surface area contributed by atoms with Gasteiger partial charge in [0, 0.05) is 34.6 Å². The van der Waals surface area contributed by atoms with Crippen LogP contribution in [-0.4, -0.2) is 4.98 Å². The average molecular weight is 318 g/mol. The highest BCUT2D eigenvalue weighted by molar-refractivity contribution is 5.88. The third-order valence-electron chi connectivity index (χ3n) is 3.47. The molecule has 6 heteroatoms. The maximum absolute atomic E-state index is 14.0. The number of nitrogens with zero attached hydrogens (tertiary/aromatic N) is 1. The second kappa shape index (κ2) is 5.72. The zero-order valence-electron chi connectivity index (χ0n) is 11.7. The summed E-state index contributed by atoms with van der Waals surface area (Å²) in [5, 5.41) is 0. The number of benzene rings is 2. The molecule has 0 saturated carbocycles. The predicted octanol–water partition coefficient (Wildman–Crippen LogP) is 4.55. The molecule has 0 amide bonds. The summed E-state index contributed by atoms with van der Waals surface area (Å²) in [5.41, 5.74) is 5.94. The monoisotopic (exact) mass is 318 g/mol. The Morgan fingerprint density at radius 3 is 1.52 bits per heavy atom. The number of nitrogens with two attached hydrogens (primary N) is 1. The van der Waals surface area contributed by atoms with Crippen LogP contribution in [0, 0.1) is 23.3 Å². The van der Waals surface area contributed by atoms with Gasteiger partial charge in [0.2, 0.25) is 0 Å². The minimum absolute atomic E-state index is 0.0194. The van der Waals surface area contributed by atoms with Crippen LogP contribution in [-0.2, 0) is 0 Å². The molecule has 3 rings (SSSR count). The van der Waals surface area contributed by atoms with Gasteiger partial charge in [-0.15, -0.1) is 0 Å². The largest absolute Gasteiger partial charge is 0.398 e. The van der Waals surface area contributed by atoms with Crippen LogP contribution in [0.5, 0.6) is 0 Å². The van der Waals surface area contributed by atoms with Crippen molar-refractivity contribution in [1.82, 2.24) is 4.98 Å². The van der Waals surface area contributed by atoms with Crippen LogP contribution < -0.4 is 5.73 Å². The van der Waals surface area contributed by atoms with E-state index >= 15 is 0 Å². The molecule has 1 heterocycles. The summed E-state index contributed by atoms with van der Waals surface area (Å²) in [6.45, 7) is 0. The molecule has 116 valence electrons. The van der Waals surface area contributed by atoms with E-state index in [1.165, 1.54) is 36.7 Å². The van der Waals surface area contributed by atoms with Crippen molar-refractivity contribution >= 4 is 5.69 Å². The van der Waals surface area contributed by atoms with Crippen molar-refractivity contribution in [2.75, 3.05) is 5.73 Å². The van der Waals surface area contributed by atoms with Crippen LogP contribution in [0.15, 0.2) is 48.8 Å². The third-order valence-corrected chi connectivity index (χ3v) is 3.47. The molecule has 0 fully saturated rings. The molecule has 2 nitrogen and oxygen atoms in total. The van der Waals surface area contributed by atoms with Crippen LogP contribution >= 0.6 is 0 Å². The Morgan fingerprint density at radius 1 is 0.652 bits per heavy atom. The fraction of sp³-hybridized carbons (Fsp3) is 0. The molecule has 23 heavy (non-hydrogen) atoms. The zero-order valence-corrected chi connectivity index (χ0v) is 11.7. The van der Waals surface area contributed by atoms with Gasteiger partial charge in [0.25, 0.3) is 0 Å². The summed E-state index contributed by atoms with van der Waals surface area (Å²) in [5.74, 6) is -4.25. The third kappa shape index (κ3) is 2.52. The van der Waals surface area contributed by atoms with Crippen molar-refractivity contribution in [1.29, 1.82) is 0 Å². The molecule has 0 aliphatic carbocycles. The first-order chi connectivity index (χ1) is 11.0. The highest BCUT2D eigenvalue weighted by Gasteiger charge is 2.18. The van der Waals surface area contributed by atoms with Crippen molar-refractivity contribution in [3.8, 4) is 22.3 Å². The van der Waals surface area contributed by atoms with Gasteiger partial charge in [-0.3, -0.25) is 4.98 Å². The number of hydrogen-bond donors (Lipinski definition) is 1. The van der Waals surface area contributed by atoms with Crippen LogP contribution in [0.4, 0.5) is 23.2 Å². The molecule has 3 aromatic rings. The molecule has 0 saturated heterocycles. The van der Waals surface area contributed by atoms with E-state index in [2.05, 4.69) is 4.98 Å². The molecule has 0 aliphatic rings. The number of pyridine rings is 1. The van der Waals surface area contributed by atoms with Gasteiger partial charge in [-0.25, -0.2) is 17.6 Å². The van der Waals surface area contributed by atoms with E-state index in [0.717, 1.165) is 12.1 Å². The molecule has 2 N–H and O–H groups in total. The van der Waals surface area contributed by atoms with Crippen LogP contribution in [0.2, 0.25) is 0 Å². The highest BCUT2D eigenvalue weighted by atomic mass is 19.2. The van der Waals surface area contributed by atoms with Gasteiger partial charge in [0.15, 0.2) is 23.3 Å². The second-order valence-corrected chi connectivity index (χ2v) is 4.85. The Hall–Kier alpha value is -2.89. The van der Waals surface area contributed by atoms with Crippen LogP contribution in [0.25, 0.3) is 22.3 Å². The molecule has 0 bridgehead atoms. The lowest BCUT2D eigenvalue weighted by Gasteiger charge is -2.12. The van der Waals surface area contributed by atoms with Crippen LogP contribution in [0.3, 0.4) is 0 Å². The first kappa shape index (κ1) is 15.0. The van der Waals surface area contributed by atoms with Crippen molar-refractivity contribution in [3.05, 3.63) is 72.1 Å². The Morgan fingerprint density at radius 2 is 1.09 bits per heavy atom. The van der Waals surface area contributed by atoms with E-state index in [4.69, 9.17) is 5.73 Å². The lowest BCUT2D eigenvalue weighted by molar-refractivity contribution is 0.511. The zero-order chi connectivity index (χ0) is 16.6. The number of aromatic nitrogens is 1. The molecule has 1 aromatic heterocycles. The quantitative estimate of drug-likeness (QED) is 0.704. The van der Waals surface area contributed by atoms with E-state index < -0.39 is 23.3 Å². The summed E-state index contributed by atoms with van der Waals surface area (Å²) in [4.78, 5) is 3.88. The number of hydrogen-bond acceptors (Lipinski definition) is 2. The van der Waals surface area contributed by atoms with E-state index in [1.54, 1.807) is 0 Å². The Balaban J connectivity index is 2.24. The minimum atomic E-state index is -1.09. The van der Waals surface area contributed by atoms with Crippen molar-refractivity contribution < 1.29 is 17.6 Å². The molecular weight excluding hydrogens is 308 g/mol. The molecular formula is C17H10F4N2. The first-order valence-corrected chi connectivity index (χ1v) is 6.63. The van der Waals surface area contributed by atoms with Crippen molar-refractivity contribution in [2.45, 2.75) is 0 Å². The lowest BCUT2D eigenvalue weighted by Crippen LogP contribution is -2.00. The topological polar surface area (TPSA) is 38.9 Å². The predicted molar refractivity (Wildman–Crippen MR) is 79.4 cm³/mol. The van der Waals surface area contributed by atoms with Crippen molar-refractivity contribution in [2.24, 2.45) is 0 Å². The van der Waals surface area contributed by atoms with E-state index in [0.29, 0.717) is 0 Å².